The second-order valence-corrected chi connectivity index (χ2v) is 5.51. The van der Waals surface area contributed by atoms with E-state index in [1.165, 1.54) is 0 Å². The molecular weight excluding hydrogens is 328 g/mol. The number of allylic oxidation sites excluding steroid dienone is 4. The highest BCUT2D eigenvalue weighted by atomic mass is 16.3. The molecule has 1 heterocycles. The number of aliphatic hydroxyl groups is 2. The third-order valence-corrected chi connectivity index (χ3v) is 3.69. The lowest BCUT2D eigenvalue weighted by molar-refractivity contribution is 0.0802. The molecule has 1 atom stereocenters. The number of hydrogen-bond donors (Lipinski definition) is 2. The van der Waals surface area contributed by atoms with E-state index in [0.717, 1.165) is 5.57 Å². The van der Waals surface area contributed by atoms with Gasteiger partial charge in [0, 0.05) is 17.6 Å². The lowest BCUT2D eigenvalue weighted by Gasteiger charge is -2.21. The van der Waals surface area contributed by atoms with Gasteiger partial charge in [-0.15, -0.1) is 0 Å². The smallest absolute Gasteiger partial charge is 0.136 e. The molecule has 0 saturated carbocycles. The van der Waals surface area contributed by atoms with Crippen LogP contribution in [0.25, 0.3) is 11.1 Å². The van der Waals surface area contributed by atoms with Crippen molar-refractivity contribution in [1.29, 1.82) is 15.8 Å². The van der Waals surface area contributed by atoms with Crippen molar-refractivity contribution in [2.75, 3.05) is 13.2 Å². The predicted octanol–water partition coefficient (Wildman–Crippen LogP) is 0.181. The molecule has 2 rings (SSSR count). The van der Waals surface area contributed by atoms with Crippen LogP contribution in [-0.4, -0.2) is 34.4 Å². The quantitative estimate of drug-likeness (QED) is 0.805. The van der Waals surface area contributed by atoms with E-state index in [1.807, 2.05) is 12.1 Å². The third-order valence-electron chi connectivity index (χ3n) is 3.69. The summed E-state index contributed by atoms with van der Waals surface area (Å²) < 4.78 is 0. The lowest BCUT2D eigenvalue weighted by atomic mass is 10.1. The molecule has 1 aliphatic rings. The van der Waals surface area contributed by atoms with Crippen molar-refractivity contribution >= 4 is 11.1 Å². The van der Waals surface area contributed by atoms with Crippen LogP contribution in [-0.2, 0) is 0 Å². The molecule has 1 aromatic carbocycles. The topological polar surface area (TPSA) is 115 Å². The Bertz CT molecular complexity index is 958. The minimum absolute atomic E-state index is 0.0247. The molecule has 0 radical (unpaired) electrons. The van der Waals surface area contributed by atoms with Gasteiger partial charge in [-0.3, -0.25) is 0 Å². The number of rotatable bonds is 4. The Kier molecular flexibility index (Phi) is 6.48. The molecule has 1 aliphatic heterocycles. The molecule has 0 saturated heterocycles. The number of nitrogens with zero attached hydrogens (tertiary/aromatic N) is 4. The summed E-state index contributed by atoms with van der Waals surface area (Å²) >= 11 is 0. The Hall–Kier alpha value is -3.63. The van der Waals surface area contributed by atoms with Crippen LogP contribution in [0.3, 0.4) is 0 Å². The summed E-state index contributed by atoms with van der Waals surface area (Å²) in [6.45, 7) is -0.0241. The molecule has 0 amide bonds. The molecule has 0 fully saturated rings. The Morgan fingerprint density at radius 3 is 2.08 bits per heavy atom. The summed E-state index contributed by atoms with van der Waals surface area (Å²) in [5.41, 5.74) is 1.28. The van der Waals surface area contributed by atoms with Gasteiger partial charge in [-0.2, -0.15) is 15.8 Å². The first-order chi connectivity index (χ1) is 12.6. The van der Waals surface area contributed by atoms with E-state index in [4.69, 9.17) is 15.6 Å². The molecule has 6 heteroatoms. The summed E-state index contributed by atoms with van der Waals surface area (Å²) in [6.07, 6.45) is 8.01. The number of β-amino-alcohol motifs (C(OH)–C–C–N with tert-alkyl or cyclic N) is 1. The van der Waals surface area contributed by atoms with E-state index in [1.54, 1.807) is 59.8 Å². The van der Waals surface area contributed by atoms with Crippen LogP contribution < -0.4 is 10.4 Å². The fraction of sp³-hybridized carbons (Fsp3) is 0.150. The third kappa shape index (κ3) is 4.69. The van der Waals surface area contributed by atoms with Crippen LogP contribution in [0.1, 0.15) is 0 Å². The zero-order chi connectivity index (χ0) is 18.9. The van der Waals surface area contributed by atoms with Crippen molar-refractivity contribution in [3.63, 3.8) is 0 Å². The van der Waals surface area contributed by atoms with Gasteiger partial charge in [0.05, 0.1) is 30.9 Å². The minimum Gasteiger partial charge on any atom is -0.394 e. The maximum atomic E-state index is 9.44. The summed E-state index contributed by atoms with van der Waals surface area (Å²) in [5, 5.41) is 46.7. The largest absolute Gasteiger partial charge is 0.394 e. The van der Waals surface area contributed by atoms with Crippen molar-refractivity contribution in [2.24, 2.45) is 0 Å². The van der Waals surface area contributed by atoms with Gasteiger partial charge >= 0.3 is 0 Å². The standard InChI is InChI=1S/C20H16N4O2/c21-10-18(16-1-3-17(4-2-16)19(11-22)12-23)9-15-5-7-24(8-6-15)13-20(26)14-25/h1-9,20,25-26H,13-14H2. The van der Waals surface area contributed by atoms with Crippen molar-refractivity contribution < 1.29 is 10.2 Å². The Balaban J connectivity index is 2.31. The summed E-state index contributed by atoms with van der Waals surface area (Å²) in [7, 11) is 0. The molecule has 0 bridgehead atoms. The van der Waals surface area contributed by atoms with Crippen LogP contribution in [0.2, 0.25) is 0 Å². The number of aliphatic hydroxyl groups excluding tert-OH is 2. The molecule has 0 aliphatic carbocycles. The molecule has 1 unspecified atom stereocenters. The lowest BCUT2D eigenvalue weighted by Crippen LogP contribution is -2.27. The zero-order valence-electron chi connectivity index (χ0n) is 13.9. The summed E-state index contributed by atoms with van der Waals surface area (Å²) in [5.74, 6) is 0. The van der Waals surface area contributed by atoms with Gasteiger partial charge in [-0.1, -0.05) is 24.3 Å². The van der Waals surface area contributed by atoms with Gasteiger partial charge in [-0.25, -0.2) is 0 Å². The van der Waals surface area contributed by atoms with Gasteiger partial charge in [-0.05, 0) is 29.0 Å². The normalized spacial score (nSPS) is 13.3. The fourth-order valence-corrected chi connectivity index (χ4v) is 2.31. The highest BCUT2D eigenvalue weighted by molar-refractivity contribution is 5.74. The van der Waals surface area contributed by atoms with Crippen molar-refractivity contribution in [1.82, 2.24) is 4.90 Å². The average molecular weight is 344 g/mol. The predicted molar refractivity (Wildman–Crippen MR) is 95.5 cm³/mol. The molecular formula is C20H16N4O2. The maximum absolute atomic E-state index is 9.44. The number of hydrogen-bond acceptors (Lipinski definition) is 6. The molecule has 26 heavy (non-hydrogen) atoms. The van der Waals surface area contributed by atoms with E-state index in [2.05, 4.69) is 6.07 Å². The van der Waals surface area contributed by atoms with Crippen LogP contribution in [0.4, 0.5) is 0 Å². The number of benzene rings is 1. The highest BCUT2D eigenvalue weighted by Gasteiger charge is 2.07. The SMILES string of the molecule is N#CC(C#N)=c1ccc(=C(C#N)C=C2C=CN(CC(O)CO)C=C2)cc1. The first-order valence-electron chi connectivity index (χ1n) is 7.79. The molecule has 2 N–H and O–H groups in total. The van der Waals surface area contributed by atoms with Crippen LogP contribution >= 0.6 is 0 Å². The molecule has 6 nitrogen and oxygen atoms in total. The van der Waals surface area contributed by atoms with Crippen LogP contribution in [0.5, 0.6) is 0 Å². The Labute approximate surface area is 151 Å². The van der Waals surface area contributed by atoms with Gasteiger partial charge in [0.1, 0.15) is 17.7 Å². The maximum Gasteiger partial charge on any atom is 0.136 e. The van der Waals surface area contributed by atoms with Gasteiger partial charge < -0.3 is 15.1 Å². The van der Waals surface area contributed by atoms with E-state index < -0.39 is 6.10 Å². The first-order valence-corrected chi connectivity index (χ1v) is 7.79. The number of nitriles is 3. The van der Waals surface area contributed by atoms with Gasteiger partial charge in [0.15, 0.2) is 0 Å². The molecule has 0 aromatic heterocycles. The summed E-state index contributed by atoms with van der Waals surface area (Å²) in [4.78, 5) is 1.74. The Morgan fingerprint density at radius 2 is 1.58 bits per heavy atom. The zero-order valence-corrected chi connectivity index (χ0v) is 13.9. The second kappa shape index (κ2) is 9.01. The Morgan fingerprint density at radius 1 is 1.00 bits per heavy atom. The van der Waals surface area contributed by atoms with E-state index in [-0.39, 0.29) is 18.7 Å². The highest BCUT2D eigenvalue weighted by Crippen LogP contribution is 2.12. The minimum atomic E-state index is -0.821. The van der Waals surface area contributed by atoms with Gasteiger partial charge in [0.25, 0.3) is 0 Å². The first kappa shape index (κ1) is 18.7. The van der Waals surface area contributed by atoms with Gasteiger partial charge in [0.2, 0.25) is 0 Å². The fourth-order valence-electron chi connectivity index (χ4n) is 2.31. The molecule has 0 spiro atoms. The van der Waals surface area contributed by atoms with E-state index >= 15 is 0 Å². The van der Waals surface area contributed by atoms with Crippen molar-refractivity contribution in [3.8, 4) is 18.2 Å². The average Bonchev–Trinajstić information content (AvgIpc) is 2.69. The van der Waals surface area contributed by atoms with Crippen LogP contribution in [0.15, 0.2) is 60.5 Å². The second-order valence-electron chi connectivity index (χ2n) is 5.51. The monoisotopic (exact) mass is 344 g/mol. The molecule has 128 valence electrons. The summed E-state index contributed by atoms with van der Waals surface area (Å²) in [6, 6.07) is 12.5. The van der Waals surface area contributed by atoms with Crippen molar-refractivity contribution in [3.05, 3.63) is 70.9 Å². The van der Waals surface area contributed by atoms with E-state index in [0.29, 0.717) is 16.0 Å². The van der Waals surface area contributed by atoms with Crippen molar-refractivity contribution in [2.45, 2.75) is 6.10 Å². The van der Waals surface area contributed by atoms with Crippen LogP contribution in [0, 0.1) is 34.0 Å². The van der Waals surface area contributed by atoms with E-state index in [9.17, 15) is 10.4 Å². The molecule has 1 aromatic rings.